The Kier molecular flexibility index (Phi) is 6.04. The fraction of sp³-hybridized carbons (Fsp3) is 0.692. The van der Waals surface area contributed by atoms with Crippen LogP contribution in [0.4, 0.5) is 0 Å². The van der Waals surface area contributed by atoms with Gasteiger partial charge in [0, 0.05) is 18.0 Å². The summed E-state index contributed by atoms with van der Waals surface area (Å²) in [4.78, 5) is 1.39. The summed E-state index contributed by atoms with van der Waals surface area (Å²) >= 11 is 4.83. The molecule has 0 amide bonds. The van der Waals surface area contributed by atoms with Gasteiger partial charge in [-0.15, -0.1) is 11.3 Å². The Hall–Kier alpha value is 0.0500. The van der Waals surface area contributed by atoms with E-state index in [1.54, 1.807) is 6.07 Å². The van der Waals surface area contributed by atoms with E-state index >= 15 is 0 Å². The number of nitrogens with one attached hydrogen (secondary N) is 2. The van der Waals surface area contributed by atoms with Crippen molar-refractivity contribution in [2.45, 2.75) is 44.0 Å². The molecule has 0 saturated heterocycles. The van der Waals surface area contributed by atoms with Gasteiger partial charge >= 0.3 is 0 Å². The highest BCUT2D eigenvalue weighted by atomic mass is 79.9. The molecule has 114 valence electrons. The van der Waals surface area contributed by atoms with Gasteiger partial charge in [-0.1, -0.05) is 19.8 Å². The smallest absolute Gasteiger partial charge is 0.242 e. The highest BCUT2D eigenvalue weighted by Crippen LogP contribution is 2.34. The van der Waals surface area contributed by atoms with E-state index in [2.05, 4.69) is 26.0 Å². The van der Waals surface area contributed by atoms with E-state index in [4.69, 9.17) is 0 Å². The fourth-order valence-electron chi connectivity index (χ4n) is 2.00. The standard InChI is InChI=1S/C13H21BrN2O2S2/c1-2-15-9-11-8-12(13(14)19-11)20(17,18)16-7-3-4-10-5-6-10/h8,10,15-16H,2-7,9H2,1H3. The maximum atomic E-state index is 12.2. The van der Waals surface area contributed by atoms with Gasteiger partial charge < -0.3 is 5.32 Å². The first-order valence-corrected chi connectivity index (χ1v) is 10.1. The molecule has 7 heteroatoms. The van der Waals surface area contributed by atoms with Gasteiger partial charge in [-0.3, -0.25) is 0 Å². The second-order valence-electron chi connectivity index (χ2n) is 5.11. The zero-order valence-corrected chi connectivity index (χ0v) is 14.8. The van der Waals surface area contributed by atoms with Crippen LogP contribution in [-0.4, -0.2) is 21.5 Å². The molecule has 1 aromatic rings. The molecule has 20 heavy (non-hydrogen) atoms. The molecule has 0 atom stereocenters. The van der Waals surface area contributed by atoms with E-state index in [-0.39, 0.29) is 0 Å². The molecule has 1 aliphatic carbocycles. The molecule has 0 radical (unpaired) electrons. The lowest BCUT2D eigenvalue weighted by Crippen LogP contribution is -2.24. The lowest BCUT2D eigenvalue weighted by molar-refractivity contribution is 0.572. The Balaban J connectivity index is 1.91. The molecule has 1 aromatic heterocycles. The van der Waals surface area contributed by atoms with E-state index in [1.807, 2.05) is 6.92 Å². The topological polar surface area (TPSA) is 58.2 Å². The van der Waals surface area contributed by atoms with Crippen LogP contribution in [0.2, 0.25) is 0 Å². The van der Waals surface area contributed by atoms with Gasteiger partial charge in [-0.2, -0.15) is 0 Å². The van der Waals surface area contributed by atoms with Crippen molar-refractivity contribution in [3.05, 3.63) is 14.7 Å². The fourth-order valence-corrected chi connectivity index (χ4v) is 5.72. The number of halogens is 1. The van der Waals surface area contributed by atoms with Crippen LogP contribution in [0.25, 0.3) is 0 Å². The summed E-state index contributed by atoms with van der Waals surface area (Å²) in [5.74, 6) is 0.846. The normalized spacial score (nSPS) is 15.7. The summed E-state index contributed by atoms with van der Waals surface area (Å²) in [5, 5.41) is 3.20. The Bertz CT molecular complexity index is 539. The van der Waals surface area contributed by atoms with Gasteiger partial charge in [0.25, 0.3) is 0 Å². The van der Waals surface area contributed by atoms with Crippen LogP contribution in [0.15, 0.2) is 14.7 Å². The van der Waals surface area contributed by atoms with E-state index in [0.717, 1.165) is 30.2 Å². The van der Waals surface area contributed by atoms with Gasteiger partial charge in [0.05, 0.1) is 3.79 Å². The predicted molar refractivity (Wildman–Crippen MR) is 86.5 cm³/mol. The van der Waals surface area contributed by atoms with Gasteiger partial charge in [0.1, 0.15) is 4.90 Å². The molecular formula is C13H21BrN2O2S2. The maximum Gasteiger partial charge on any atom is 0.242 e. The van der Waals surface area contributed by atoms with Crippen LogP contribution in [0, 0.1) is 5.92 Å². The summed E-state index contributed by atoms with van der Waals surface area (Å²) in [6.07, 6.45) is 4.70. The molecule has 1 fully saturated rings. The summed E-state index contributed by atoms with van der Waals surface area (Å²) < 4.78 is 27.9. The van der Waals surface area contributed by atoms with Gasteiger partial charge in [-0.05, 0) is 47.3 Å². The van der Waals surface area contributed by atoms with Crippen LogP contribution in [0.5, 0.6) is 0 Å². The molecule has 2 rings (SSSR count). The van der Waals surface area contributed by atoms with Crippen molar-refractivity contribution in [1.82, 2.24) is 10.0 Å². The number of hydrogen-bond donors (Lipinski definition) is 2. The first kappa shape index (κ1) is 16.4. The van der Waals surface area contributed by atoms with Crippen LogP contribution in [-0.2, 0) is 16.6 Å². The predicted octanol–water partition coefficient (Wildman–Crippen LogP) is 3.09. The van der Waals surface area contributed by atoms with E-state index in [0.29, 0.717) is 21.8 Å². The van der Waals surface area contributed by atoms with Crippen molar-refractivity contribution in [1.29, 1.82) is 0 Å². The Morgan fingerprint density at radius 2 is 2.20 bits per heavy atom. The van der Waals surface area contributed by atoms with Crippen molar-refractivity contribution < 1.29 is 8.42 Å². The van der Waals surface area contributed by atoms with Crippen molar-refractivity contribution in [3.63, 3.8) is 0 Å². The third-order valence-electron chi connectivity index (χ3n) is 3.32. The molecule has 1 heterocycles. The molecule has 2 N–H and O–H groups in total. The molecule has 0 unspecified atom stereocenters. The minimum Gasteiger partial charge on any atom is -0.312 e. The second-order valence-corrected chi connectivity index (χ2v) is 9.30. The van der Waals surface area contributed by atoms with E-state index in [1.165, 1.54) is 24.2 Å². The van der Waals surface area contributed by atoms with Crippen LogP contribution in [0.1, 0.15) is 37.5 Å². The first-order chi connectivity index (χ1) is 9.53. The average Bonchev–Trinajstić information content (AvgIpc) is 3.14. The zero-order valence-electron chi connectivity index (χ0n) is 11.6. The molecule has 4 nitrogen and oxygen atoms in total. The molecule has 1 saturated carbocycles. The first-order valence-electron chi connectivity index (χ1n) is 7.01. The number of hydrogen-bond acceptors (Lipinski definition) is 4. The zero-order chi connectivity index (χ0) is 14.6. The molecule has 0 aromatic carbocycles. The van der Waals surface area contributed by atoms with Gasteiger partial charge in [-0.25, -0.2) is 13.1 Å². The summed E-state index contributed by atoms with van der Waals surface area (Å²) in [7, 11) is -3.39. The van der Waals surface area contributed by atoms with Crippen molar-refractivity contribution in [3.8, 4) is 0 Å². The minimum absolute atomic E-state index is 0.363. The quantitative estimate of drug-likeness (QED) is 0.647. The largest absolute Gasteiger partial charge is 0.312 e. The Labute approximate surface area is 133 Å². The average molecular weight is 381 g/mol. The number of sulfonamides is 1. The number of thiophene rings is 1. The SMILES string of the molecule is CCNCc1cc(S(=O)(=O)NCCCC2CC2)c(Br)s1. The van der Waals surface area contributed by atoms with E-state index < -0.39 is 10.0 Å². The van der Waals surface area contributed by atoms with Crippen molar-refractivity contribution >= 4 is 37.3 Å². The van der Waals surface area contributed by atoms with Crippen LogP contribution < -0.4 is 10.0 Å². The number of rotatable bonds is 9. The molecular weight excluding hydrogens is 360 g/mol. The Morgan fingerprint density at radius 3 is 2.85 bits per heavy atom. The summed E-state index contributed by atoms with van der Waals surface area (Å²) in [6.45, 7) is 4.14. The lowest BCUT2D eigenvalue weighted by Gasteiger charge is -2.05. The maximum absolute atomic E-state index is 12.2. The van der Waals surface area contributed by atoms with Crippen molar-refractivity contribution in [2.24, 2.45) is 5.92 Å². The third kappa shape index (κ3) is 4.80. The minimum atomic E-state index is -3.39. The third-order valence-corrected chi connectivity index (χ3v) is 7.04. The van der Waals surface area contributed by atoms with Crippen molar-refractivity contribution in [2.75, 3.05) is 13.1 Å². The summed E-state index contributed by atoms with van der Waals surface area (Å²) in [5.41, 5.74) is 0. The monoisotopic (exact) mass is 380 g/mol. The second kappa shape index (κ2) is 7.35. The van der Waals surface area contributed by atoms with E-state index in [9.17, 15) is 8.42 Å². The Morgan fingerprint density at radius 1 is 1.45 bits per heavy atom. The van der Waals surface area contributed by atoms with Crippen LogP contribution in [0.3, 0.4) is 0 Å². The van der Waals surface area contributed by atoms with Gasteiger partial charge in [0.15, 0.2) is 0 Å². The highest BCUT2D eigenvalue weighted by molar-refractivity contribution is 9.11. The lowest BCUT2D eigenvalue weighted by atomic mass is 10.2. The van der Waals surface area contributed by atoms with Gasteiger partial charge in [0.2, 0.25) is 10.0 Å². The molecule has 0 aliphatic heterocycles. The molecule has 0 bridgehead atoms. The highest BCUT2D eigenvalue weighted by Gasteiger charge is 2.22. The van der Waals surface area contributed by atoms with Crippen LogP contribution >= 0.6 is 27.3 Å². The summed E-state index contributed by atoms with van der Waals surface area (Å²) in [6, 6.07) is 1.75. The molecule has 0 spiro atoms. The molecule has 1 aliphatic rings.